The maximum absolute atomic E-state index is 11.7. The summed E-state index contributed by atoms with van der Waals surface area (Å²) in [5, 5.41) is 0. The lowest BCUT2D eigenvalue weighted by Crippen LogP contribution is -2.53. The molecule has 0 heterocycles. The summed E-state index contributed by atoms with van der Waals surface area (Å²) in [5.41, 5.74) is 4.46. The molecule has 194 valence electrons. The summed E-state index contributed by atoms with van der Waals surface area (Å²) >= 11 is 0. The first kappa shape index (κ1) is 26.6. The van der Waals surface area contributed by atoms with E-state index in [9.17, 15) is 4.79 Å². The molecule has 0 radical (unpaired) electrons. The van der Waals surface area contributed by atoms with Crippen LogP contribution in [0.1, 0.15) is 114 Å². The molecule has 2 nitrogen and oxygen atoms in total. The fraction of sp³-hybridized carbons (Fsp3) is 0.903. The Labute approximate surface area is 212 Å². The molecular formula is C31H54O2Si. The van der Waals surface area contributed by atoms with Crippen molar-refractivity contribution in [3.8, 4) is 0 Å². The van der Waals surface area contributed by atoms with Gasteiger partial charge in [0, 0.05) is 12.0 Å². The second kappa shape index (κ2) is 9.47. The van der Waals surface area contributed by atoms with E-state index >= 15 is 0 Å². The Morgan fingerprint density at radius 1 is 0.912 bits per heavy atom. The van der Waals surface area contributed by atoms with Gasteiger partial charge in [-0.3, -0.25) is 0 Å². The van der Waals surface area contributed by atoms with Crippen molar-refractivity contribution in [2.45, 2.75) is 136 Å². The lowest BCUT2D eigenvalue weighted by molar-refractivity contribution is -0.115. The first-order valence-electron chi connectivity index (χ1n) is 14.7. The number of hydrogen-bond donors (Lipinski definition) is 0. The number of hydrogen-bond acceptors (Lipinski definition) is 2. The van der Waals surface area contributed by atoms with E-state index < -0.39 is 8.32 Å². The van der Waals surface area contributed by atoms with Crippen molar-refractivity contribution in [3.63, 3.8) is 0 Å². The Bertz CT molecular complexity index is 763. The molecule has 0 spiro atoms. The summed E-state index contributed by atoms with van der Waals surface area (Å²) in [6.45, 7) is 21.9. The van der Waals surface area contributed by atoms with Crippen molar-refractivity contribution >= 4 is 14.6 Å². The monoisotopic (exact) mass is 486 g/mol. The van der Waals surface area contributed by atoms with Gasteiger partial charge in [-0.2, -0.15) is 0 Å². The molecule has 8 atom stereocenters. The molecule has 3 heteroatoms. The number of aldehydes is 1. The van der Waals surface area contributed by atoms with E-state index in [1.54, 1.807) is 5.57 Å². The van der Waals surface area contributed by atoms with Gasteiger partial charge in [-0.05, 0) is 102 Å². The highest BCUT2D eigenvalue weighted by Gasteiger charge is 2.59. The highest BCUT2D eigenvalue weighted by atomic mass is 28.4. The van der Waals surface area contributed by atoms with Gasteiger partial charge < -0.3 is 9.22 Å². The Morgan fingerprint density at radius 2 is 1.56 bits per heavy atom. The molecule has 4 aliphatic rings. The summed E-state index contributed by atoms with van der Waals surface area (Å²) in [4.78, 5) is 11.7. The van der Waals surface area contributed by atoms with Crippen LogP contribution in [0.5, 0.6) is 0 Å². The van der Waals surface area contributed by atoms with E-state index in [-0.39, 0.29) is 5.92 Å². The summed E-state index contributed by atoms with van der Waals surface area (Å²) in [7, 11) is -1.84. The van der Waals surface area contributed by atoms with E-state index in [1.165, 1.54) is 57.7 Å². The zero-order valence-corrected chi connectivity index (χ0v) is 24.8. The number of allylic oxidation sites excluding steroid dienone is 1. The van der Waals surface area contributed by atoms with Gasteiger partial charge >= 0.3 is 0 Å². The molecule has 0 aromatic rings. The molecule has 3 fully saturated rings. The van der Waals surface area contributed by atoms with Crippen molar-refractivity contribution in [1.82, 2.24) is 0 Å². The van der Waals surface area contributed by atoms with Crippen LogP contribution in [-0.2, 0) is 9.22 Å². The van der Waals surface area contributed by atoms with Crippen LogP contribution in [0.3, 0.4) is 0 Å². The molecule has 34 heavy (non-hydrogen) atoms. The van der Waals surface area contributed by atoms with Crippen LogP contribution in [0.25, 0.3) is 0 Å². The summed E-state index contributed by atoms with van der Waals surface area (Å²) in [5.74, 6) is 3.28. The zero-order chi connectivity index (χ0) is 25.1. The average molecular weight is 487 g/mol. The van der Waals surface area contributed by atoms with Gasteiger partial charge in [-0.1, -0.05) is 74.0 Å². The smallest absolute Gasteiger partial charge is 0.200 e. The number of fused-ring (bicyclic) bond motifs is 5. The fourth-order valence-electron chi connectivity index (χ4n) is 10.4. The molecular weight excluding hydrogens is 432 g/mol. The minimum absolute atomic E-state index is 0.219. The Balaban J connectivity index is 1.54. The summed E-state index contributed by atoms with van der Waals surface area (Å²) in [6, 6.07) is 0. The molecule has 0 aromatic heterocycles. The van der Waals surface area contributed by atoms with Gasteiger partial charge in [0.15, 0.2) is 0 Å². The molecule has 0 bridgehead atoms. The summed E-state index contributed by atoms with van der Waals surface area (Å²) < 4.78 is 7.30. The van der Waals surface area contributed by atoms with Crippen LogP contribution in [0.4, 0.5) is 0 Å². The molecule has 0 aromatic carbocycles. The van der Waals surface area contributed by atoms with Crippen molar-refractivity contribution < 1.29 is 9.22 Å². The SMILES string of the molecule is CC(C)[Si](O[C@H]1CC[C@@]2(C)C(=CC[C@H]3[C@@H]4CC[C@H]([C@@H](C)C=O)[C@@]4(C)CC[C@@H]32)C1)(C(C)C)C(C)C. The first-order valence-corrected chi connectivity index (χ1v) is 16.9. The van der Waals surface area contributed by atoms with Crippen molar-refractivity contribution in [3.05, 3.63) is 11.6 Å². The van der Waals surface area contributed by atoms with E-state index in [0.717, 1.165) is 17.8 Å². The third-order valence-corrected chi connectivity index (χ3v) is 18.2. The molecule has 0 aliphatic heterocycles. The second-order valence-electron chi connectivity index (χ2n) is 14.3. The highest BCUT2D eigenvalue weighted by Crippen LogP contribution is 2.67. The van der Waals surface area contributed by atoms with Crippen molar-refractivity contribution in [2.75, 3.05) is 0 Å². The van der Waals surface area contributed by atoms with E-state index in [4.69, 9.17) is 4.43 Å². The Morgan fingerprint density at radius 3 is 2.15 bits per heavy atom. The van der Waals surface area contributed by atoms with Crippen LogP contribution in [-0.4, -0.2) is 20.7 Å². The number of carbonyl (C=O) groups is 1. The summed E-state index contributed by atoms with van der Waals surface area (Å²) in [6.07, 6.45) is 14.6. The first-order chi connectivity index (χ1) is 15.9. The fourth-order valence-corrected chi connectivity index (χ4v) is 16.0. The third-order valence-electron chi connectivity index (χ3n) is 12.1. The quantitative estimate of drug-likeness (QED) is 0.204. The lowest BCUT2D eigenvalue weighted by atomic mass is 9.47. The maximum atomic E-state index is 11.7. The molecule has 4 rings (SSSR count). The van der Waals surface area contributed by atoms with Gasteiger partial charge in [0.25, 0.3) is 0 Å². The Hall–Kier alpha value is -0.413. The largest absolute Gasteiger partial charge is 0.413 e. The Kier molecular flexibility index (Phi) is 7.42. The minimum atomic E-state index is -1.84. The van der Waals surface area contributed by atoms with Crippen LogP contribution in [0.15, 0.2) is 11.6 Å². The van der Waals surface area contributed by atoms with Gasteiger partial charge in [0.1, 0.15) is 6.29 Å². The molecule has 4 aliphatic carbocycles. The van der Waals surface area contributed by atoms with Crippen LogP contribution in [0, 0.1) is 40.4 Å². The normalized spacial score (nSPS) is 41.2. The maximum Gasteiger partial charge on any atom is 0.200 e. The van der Waals surface area contributed by atoms with Gasteiger partial charge in [0.05, 0.1) is 0 Å². The molecule has 3 saturated carbocycles. The minimum Gasteiger partial charge on any atom is -0.413 e. The average Bonchev–Trinajstić information content (AvgIpc) is 3.13. The second-order valence-corrected chi connectivity index (χ2v) is 19.7. The lowest BCUT2D eigenvalue weighted by Gasteiger charge is -2.59. The van der Waals surface area contributed by atoms with Crippen LogP contribution >= 0.6 is 0 Å². The van der Waals surface area contributed by atoms with E-state index in [2.05, 4.69) is 68.4 Å². The van der Waals surface area contributed by atoms with Crippen molar-refractivity contribution in [2.24, 2.45) is 40.4 Å². The number of carbonyl (C=O) groups excluding carboxylic acids is 1. The topological polar surface area (TPSA) is 26.3 Å². The molecule has 0 N–H and O–H groups in total. The van der Waals surface area contributed by atoms with Gasteiger partial charge in [-0.25, -0.2) is 0 Å². The van der Waals surface area contributed by atoms with Crippen LogP contribution < -0.4 is 0 Å². The predicted molar refractivity (Wildman–Crippen MR) is 146 cm³/mol. The molecule has 0 amide bonds. The highest BCUT2D eigenvalue weighted by molar-refractivity contribution is 6.77. The van der Waals surface area contributed by atoms with Gasteiger partial charge in [0.2, 0.25) is 8.32 Å². The van der Waals surface area contributed by atoms with Crippen LogP contribution in [0.2, 0.25) is 16.6 Å². The van der Waals surface area contributed by atoms with Crippen molar-refractivity contribution in [1.29, 1.82) is 0 Å². The van der Waals surface area contributed by atoms with E-state index in [1.807, 2.05) is 0 Å². The standard InChI is InChI=1S/C31H54O2Si/c1-20(2)34(21(3)4,22(5)6)33-25-14-16-30(8)24(18-25)10-11-26-28-13-12-27(23(7)19-32)31(28,9)17-15-29(26)30/h10,19-23,25-29H,11-18H2,1-9H3/t23-,25-,26-,27+,28-,29-,30-,31+/m0/s1. The van der Waals surface area contributed by atoms with E-state index in [0.29, 0.717) is 39.5 Å². The number of rotatable bonds is 7. The zero-order valence-electron chi connectivity index (χ0n) is 23.8. The molecule has 0 unspecified atom stereocenters. The third kappa shape index (κ3) is 3.94. The molecule has 0 saturated heterocycles. The van der Waals surface area contributed by atoms with Gasteiger partial charge in [-0.15, -0.1) is 0 Å². The predicted octanol–water partition coefficient (Wildman–Crippen LogP) is 8.96.